The van der Waals surface area contributed by atoms with Gasteiger partial charge in [-0.2, -0.15) is 0 Å². The molecule has 21 heavy (non-hydrogen) atoms. The molecule has 1 rings (SSSR count). The van der Waals surface area contributed by atoms with Gasteiger partial charge in [-0.25, -0.2) is 0 Å². The first-order valence-corrected chi connectivity index (χ1v) is 7.14. The minimum absolute atomic E-state index is 0. The second-order valence-corrected chi connectivity index (χ2v) is 5.33. The van der Waals surface area contributed by atoms with Crippen molar-refractivity contribution in [3.05, 3.63) is 29.3 Å². The Balaban J connectivity index is 0.00000400. The number of guanidine groups is 1. The molecule has 0 aromatic heterocycles. The van der Waals surface area contributed by atoms with Crippen LogP contribution in [0.2, 0.25) is 0 Å². The van der Waals surface area contributed by atoms with E-state index in [2.05, 4.69) is 54.6 Å². The van der Waals surface area contributed by atoms with E-state index in [9.17, 15) is 0 Å². The van der Waals surface area contributed by atoms with Crippen molar-refractivity contribution >= 4 is 29.9 Å². The lowest BCUT2D eigenvalue weighted by atomic mass is 10.1. The van der Waals surface area contributed by atoms with E-state index in [0.717, 1.165) is 31.2 Å². The standard InChI is InChI=1S/C16H27N3O.HI/c1-12(2)11-19-16(17-4)18-9-8-14-7-6-13(3)15(10-14)20-5;/h6-7,10,12H,8-9,11H2,1-5H3,(H2,17,18,19);1H. The molecule has 5 heteroatoms. The van der Waals surface area contributed by atoms with Crippen molar-refractivity contribution in [2.45, 2.75) is 27.2 Å². The summed E-state index contributed by atoms with van der Waals surface area (Å²) in [6.07, 6.45) is 0.943. The highest BCUT2D eigenvalue weighted by molar-refractivity contribution is 14.0. The molecule has 1 aromatic carbocycles. The van der Waals surface area contributed by atoms with Crippen molar-refractivity contribution < 1.29 is 4.74 Å². The summed E-state index contributed by atoms with van der Waals surface area (Å²) in [7, 11) is 3.51. The molecule has 0 fully saturated rings. The van der Waals surface area contributed by atoms with Crippen LogP contribution in [-0.4, -0.2) is 33.2 Å². The average Bonchev–Trinajstić information content (AvgIpc) is 2.44. The van der Waals surface area contributed by atoms with Crippen LogP contribution >= 0.6 is 24.0 Å². The Kier molecular flexibility index (Phi) is 10.2. The van der Waals surface area contributed by atoms with Crippen LogP contribution in [0.5, 0.6) is 5.75 Å². The fraction of sp³-hybridized carbons (Fsp3) is 0.562. The number of aliphatic imine (C=N–C) groups is 1. The Morgan fingerprint density at radius 2 is 2.00 bits per heavy atom. The molecule has 0 saturated heterocycles. The number of nitrogens with one attached hydrogen (secondary N) is 2. The molecule has 2 N–H and O–H groups in total. The molecule has 0 aliphatic carbocycles. The summed E-state index contributed by atoms with van der Waals surface area (Å²) in [5, 5.41) is 6.62. The topological polar surface area (TPSA) is 45.7 Å². The van der Waals surface area contributed by atoms with Crippen molar-refractivity contribution in [3.8, 4) is 5.75 Å². The molecule has 0 radical (unpaired) electrons. The van der Waals surface area contributed by atoms with E-state index < -0.39 is 0 Å². The number of nitrogens with zero attached hydrogens (tertiary/aromatic N) is 1. The summed E-state index contributed by atoms with van der Waals surface area (Å²) in [5.74, 6) is 2.41. The van der Waals surface area contributed by atoms with Gasteiger partial charge in [-0.05, 0) is 36.5 Å². The number of aryl methyl sites for hydroxylation is 1. The van der Waals surface area contributed by atoms with Gasteiger partial charge in [0.25, 0.3) is 0 Å². The maximum Gasteiger partial charge on any atom is 0.190 e. The third kappa shape index (κ3) is 7.55. The zero-order valence-corrected chi connectivity index (χ0v) is 16.0. The first-order valence-electron chi connectivity index (χ1n) is 7.14. The number of hydrogen-bond donors (Lipinski definition) is 2. The molecule has 4 nitrogen and oxygen atoms in total. The molecule has 0 bridgehead atoms. The van der Waals surface area contributed by atoms with Gasteiger partial charge >= 0.3 is 0 Å². The van der Waals surface area contributed by atoms with Crippen molar-refractivity contribution in [1.82, 2.24) is 10.6 Å². The highest BCUT2D eigenvalue weighted by Crippen LogP contribution is 2.18. The lowest BCUT2D eigenvalue weighted by Crippen LogP contribution is -2.39. The third-order valence-electron chi connectivity index (χ3n) is 3.08. The molecule has 0 atom stereocenters. The number of halogens is 1. The molecule has 0 heterocycles. The number of rotatable bonds is 6. The Hall–Kier alpha value is -0.980. The number of ether oxygens (including phenoxy) is 1. The summed E-state index contributed by atoms with van der Waals surface area (Å²) in [6.45, 7) is 8.19. The van der Waals surface area contributed by atoms with Crippen LogP contribution in [0.1, 0.15) is 25.0 Å². The number of benzene rings is 1. The fourth-order valence-electron chi connectivity index (χ4n) is 1.87. The maximum atomic E-state index is 5.34. The molecule has 120 valence electrons. The number of methoxy groups -OCH3 is 1. The molecule has 0 amide bonds. The van der Waals surface area contributed by atoms with E-state index in [1.54, 1.807) is 14.2 Å². The van der Waals surface area contributed by atoms with Crippen molar-refractivity contribution in [1.29, 1.82) is 0 Å². The van der Waals surface area contributed by atoms with Gasteiger partial charge < -0.3 is 15.4 Å². The van der Waals surface area contributed by atoms with Gasteiger partial charge in [-0.1, -0.05) is 26.0 Å². The second kappa shape index (κ2) is 10.7. The van der Waals surface area contributed by atoms with Gasteiger partial charge in [0, 0.05) is 20.1 Å². The van der Waals surface area contributed by atoms with Crippen LogP contribution in [0, 0.1) is 12.8 Å². The van der Waals surface area contributed by atoms with E-state index >= 15 is 0 Å². The molecule has 0 saturated carbocycles. The molecular formula is C16H28IN3O. The van der Waals surface area contributed by atoms with Crippen molar-refractivity contribution in [2.75, 3.05) is 27.2 Å². The summed E-state index contributed by atoms with van der Waals surface area (Å²) in [6, 6.07) is 6.34. The van der Waals surface area contributed by atoms with E-state index in [0.29, 0.717) is 5.92 Å². The van der Waals surface area contributed by atoms with Gasteiger partial charge in [-0.3, -0.25) is 4.99 Å². The lowest BCUT2D eigenvalue weighted by molar-refractivity contribution is 0.411. The predicted octanol–water partition coefficient (Wildman–Crippen LogP) is 2.99. The highest BCUT2D eigenvalue weighted by atomic mass is 127. The quantitative estimate of drug-likeness (QED) is 0.435. The molecule has 0 spiro atoms. The number of hydrogen-bond acceptors (Lipinski definition) is 2. The van der Waals surface area contributed by atoms with Crippen LogP contribution in [0.3, 0.4) is 0 Å². The zero-order valence-electron chi connectivity index (χ0n) is 13.7. The van der Waals surface area contributed by atoms with Gasteiger partial charge in [0.05, 0.1) is 7.11 Å². The van der Waals surface area contributed by atoms with Gasteiger partial charge in [-0.15, -0.1) is 24.0 Å². The Morgan fingerprint density at radius 1 is 1.29 bits per heavy atom. The van der Waals surface area contributed by atoms with Gasteiger partial charge in [0.15, 0.2) is 5.96 Å². The normalized spacial score (nSPS) is 11.0. The van der Waals surface area contributed by atoms with E-state index in [-0.39, 0.29) is 24.0 Å². The Morgan fingerprint density at radius 3 is 2.57 bits per heavy atom. The Bertz CT molecular complexity index is 447. The van der Waals surface area contributed by atoms with Crippen LogP contribution in [0.15, 0.2) is 23.2 Å². The van der Waals surface area contributed by atoms with Crippen molar-refractivity contribution in [2.24, 2.45) is 10.9 Å². The zero-order chi connectivity index (χ0) is 15.0. The molecule has 0 aliphatic heterocycles. The highest BCUT2D eigenvalue weighted by Gasteiger charge is 2.02. The van der Waals surface area contributed by atoms with Crippen molar-refractivity contribution in [3.63, 3.8) is 0 Å². The summed E-state index contributed by atoms with van der Waals surface area (Å²) in [4.78, 5) is 4.21. The first kappa shape index (κ1) is 20.0. The van der Waals surface area contributed by atoms with Crippen LogP contribution in [-0.2, 0) is 6.42 Å². The van der Waals surface area contributed by atoms with E-state index in [1.165, 1.54) is 11.1 Å². The van der Waals surface area contributed by atoms with Gasteiger partial charge in [0.2, 0.25) is 0 Å². The monoisotopic (exact) mass is 405 g/mol. The first-order chi connectivity index (χ1) is 9.56. The molecule has 1 aromatic rings. The molecule has 0 aliphatic rings. The Labute approximate surface area is 145 Å². The summed E-state index contributed by atoms with van der Waals surface area (Å²) in [5.41, 5.74) is 2.43. The minimum atomic E-state index is 0. The van der Waals surface area contributed by atoms with Gasteiger partial charge in [0.1, 0.15) is 5.75 Å². The predicted molar refractivity (Wildman–Crippen MR) is 101 cm³/mol. The summed E-state index contributed by atoms with van der Waals surface area (Å²) >= 11 is 0. The average molecular weight is 405 g/mol. The SMILES string of the molecule is CN=C(NCCc1ccc(C)c(OC)c1)NCC(C)C.I. The molecular weight excluding hydrogens is 377 g/mol. The molecule has 0 unspecified atom stereocenters. The van der Waals surface area contributed by atoms with E-state index in [4.69, 9.17) is 4.74 Å². The largest absolute Gasteiger partial charge is 0.496 e. The summed E-state index contributed by atoms with van der Waals surface area (Å²) < 4.78 is 5.34. The smallest absolute Gasteiger partial charge is 0.190 e. The van der Waals surface area contributed by atoms with Crippen LogP contribution < -0.4 is 15.4 Å². The minimum Gasteiger partial charge on any atom is -0.496 e. The fourth-order valence-corrected chi connectivity index (χ4v) is 1.87. The second-order valence-electron chi connectivity index (χ2n) is 5.33. The maximum absolute atomic E-state index is 5.34. The third-order valence-corrected chi connectivity index (χ3v) is 3.08. The van der Waals surface area contributed by atoms with Crippen LogP contribution in [0.25, 0.3) is 0 Å². The van der Waals surface area contributed by atoms with Crippen LogP contribution in [0.4, 0.5) is 0 Å². The lowest BCUT2D eigenvalue weighted by Gasteiger charge is -2.13. The van der Waals surface area contributed by atoms with E-state index in [1.807, 2.05) is 0 Å².